The van der Waals surface area contributed by atoms with Crippen LogP contribution < -0.4 is 0 Å². The third kappa shape index (κ3) is 2.84. The molecule has 1 aromatic heterocycles. The Hall–Kier alpha value is -1.69. The van der Waals surface area contributed by atoms with Crippen molar-refractivity contribution in [1.29, 1.82) is 0 Å². The van der Waals surface area contributed by atoms with Crippen molar-refractivity contribution in [1.82, 2.24) is 0 Å². The summed E-state index contributed by atoms with van der Waals surface area (Å²) < 4.78 is 2.93. The molecule has 0 aliphatic carbocycles. The van der Waals surface area contributed by atoms with Gasteiger partial charge in [-0.2, -0.15) is 0 Å². The summed E-state index contributed by atoms with van der Waals surface area (Å²) >= 11 is 0.377. The van der Waals surface area contributed by atoms with Gasteiger partial charge in [0.15, 0.2) is 0 Å². The molecule has 1 heteroatoms. The van der Waals surface area contributed by atoms with E-state index < -0.39 is 0 Å². The Balaban J connectivity index is 2.12. The number of hydrogen-bond donors (Lipinski definition) is 0. The van der Waals surface area contributed by atoms with Crippen LogP contribution >= 0.6 is 0 Å². The first-order chi connectivity index (χ1) is 9.33. The van der Waals surface area contributed by atoms with E-state index in [1.165, 1.54) is 25.6 Å². The molecule has 0 atom stereocenters. The normalized spacial score (nSPS) is 10.4. The fourth-order valence-electron chi connectivity index (χ4n) is 2.12. The summed E-state index contributed by atoms with van der Waals surface area (Å²) in [6.07, 6.45) is 0. The van der Waals surface area contributed by atoms with E-state index in [9.17, 15) is 0 Å². The van der Waals surface area contributed by atoms with Crippen molar-refractivity contribution >= 4 is 14.5 Å². The predicted octanol–water partition coefficient (Wildman–Crippen LogP) is 4.67. The van der Waals surface area contributed by atoms with Crippen molar-refractivity contribution in [3.05, 3.63) is 78.4 Å². The van der Waals surface area contributed by atoms with Gasteiger partial charge < -0.3 is 0 Å². The van der Waals surface area contributed by atoms with Gasteiger partial charge in [0, 0.05) is 0 Å². The van der Waals surface area contributed by atoms with E-state index in [0.29, 0.717) is 14.5 Å². The van der Waals surface area contributed by atoms with Crippen molar-refractivity contribution in [2.45, 2.75) is 6.92 Å². The zero-order chi connectivity index (χ0) is 13.1. The van der Waals surface area contributed by atoms with Gasteiger partial charge in [-0.25, -0.2) is 0 Å². The Morgan fingerprint density at radius 1 is 0.632 bits per heavy atom. The third-order valence-electron chi connectivity index (χ3n) is 3.05. The van der Waals surface area contributed by atoms with Crippen molar-refractivity contribution in [3.8, 4) is 20.0 Å². The van der Waals surface area contributed by atoms with E-state index >= 15 is 0 Å². The first-order valence-corrected chi connectivity index (χ1v) is 8.10. The van der Waals surface area contributed by atoms with Gasteiger partial charge in [0.05, 0.1) is 0 Å². The second-order valence-corrected chi connectivity index (χ2v) is 6.87. The van der Waals surface area contributed by atoms with Gasteiger partial charge in [0.25, 0.3) is 0 Å². The molecule has 0 unspecified atom stereocenters. The number of benzene rings is 2. The predicted molar refractivity (Wildman–Crippen MR) is 83.4 cm³/mol. The van der Waals surface area contributed by atoms with Gasteiger partial charge in [-0.1, -0.05) is 0 Å². The van der Waals surface area contributed by atoms with E-state index in [1.807, 2.05) is 0 Å². The Kier molecular flexibility index (Phi) is 3.59. The molecular weight excluding hydrogens is 295 g/mol. The van der Waals surface area contributed by atoms with Gasteiger partial charge in [-0.3, -0.25) is 0 Å². The fourth-order valence-corrected chi connectivity index (χ4v) is 4.71. The van der Waals surface area contributed by atoms with E-state index in [1.54, 1.807) is 0 Å². The van der Waals surface area contributed by atoms with E-state index in [2.05, 4.69) is 79.7 Å². The monoisotopic (exact) mass is 311 g/mol. The van der Waals surface area contributed by atoms with Crippen LogP contribution in [0.2, 0.25) is 0 Å². The molecule has 0 nitrogen and oxygen atoms in total. The second kappa shape index (κ2) is 5.52. The van der Waals surface area contributed by atoms with Crippen LogP contribution in [0.1, 0.15) is 5.56 Å². The Morgan fingerprint density at radius 2 is 1.05 bits per heavy atom. The quantitative estimate of drug-likeness (QED) is 0.604. The van der Waals surface area contributed by atoms with Crippen LogP contribution in [0.3, 0.4) is 0 Å². The van der Waals surface area contributed by atoms with Crippen LogP contribution in [0.15, 0.2) is 72.8 Å². The third-order valence-corrected chi connectivity index (χ3v) is 5.46. The van der Waals surface area contributed by atoms with E-state index in [0.717, 1.165) is 0 Å². The van der Waals surface area contributed by atoms with E-state index in [-0.39, 0.29) is 0 Å². The van der Waals surface area contributed by atoms with Gasteiger partial charge in [0.1, 0.15) is 0 Å². The molecule has 0 fully saturated rings. The molecule has 0 saturated carbocycles. The molecule has 0 N–H and O–H groups in total. The Bertz CT molecular complexity index is 615. The van der Waals surface area contributed by atoms with Crippen LogP contribution in [-0.2, 0) is 0 Å². The topological polar surface area (TPSA) is 0 Å². The van der Waals surface area contributed by atoms with Crippen molar-refractivity contribution in [3.63, 3.8) is 0 Å². The standard InChI is InChI=1S/C18H15Se/c1-14-12-17(15-8-4-2-5-9-15)19-18(13-14)16-10-6-3-7-11-16/h2-13H,1H3/q+1. The van der Waals surface area contributed by atoms with Gasteiger partial charge in [-0.05, 0) is 0 Å². The zero-order valence-corrected chi connectivity index (χ0v) is 12.5. The molecule has 92 valence electrons. The van der Waals surface area contributed by atoms with Crippen LogP contribution in [0, 0.1) is 6.92 Å². The minimum absolute atomic E-state index is 0.377. The maximum atomic E-state index is 2.32. The molecular formula is C18H15Se+. The molecule has 1 heterocycles. The summed E-state index contributed by atoms with van der Waals surface area (Å²) in [7, 11) is 0. The number of rotatable bonds is 2. The van der Waals surface area contributed by atoms with Crippen molar-refractivity contribution in [2.75, 3.05) is 0 Å². The van der Waals surface area contributed by atoms with Crippen LogP contribution in [0.25, 0.3) is 20.0 Å². The van der Waals surface area contributed by atoms with Gasteiger partial charge in [-0.15, -0.1) is 0 Å². The molecule has 3 rings (SSSR count). The molecule has 0 radical (unpaired) electrons. The zero-order valence-electron chi connectivity index (χ0n) is 10.8. The SMILES string of the molecule is Cc1cc(-c2ccccc2)[se+]c(-c2ccccc2)c1. The summed E-state index contributed by atoms with van der Waals surface area (Å²) in [4.78, 5) is 0. The first kappa shape index (κ1) is 12.3. The second-order valence-electron chi connectivity index (χ2n) is 4.60. The van der Waals surface area contributed by atoms with Gasteiger partial charge in [0.2, 0.25) is 0 Å². The number of aryl methyl sites for hydroxylation is 1. The summed E-state index contributed by atoms with van der Waals surface area (Å²) in [6, 6.07) is 26.1. The Morgan fingerprint density at radius 3 is 1.47 bits per heavy atom. The molecule has 19 heavy (non-hydrogen) atoms. The van der Waals surface area contributed by atoms with Crippen molar-refractivity contribution < 1.29 is 0 Å². The molecule has 0 bridgehead atoms. The van der Waals surface area contributed by atoms with E-state index in [4.69, 9.17) is 0 Å². The van der Waals surface area contributed by atoms with Crippen LogP contribution in [-0.4, -0.2) is 14.5 Å². The van der Waals surface area contributed by atoms with Crippen LogP contribution in [0.4, 0.5) is 0 Å². The summed E-state index contributed by atoms with van der Waals surface area (Å²) in [6.45, 7) is 2.18. The molecule has 0 aliphatic rings. The summed E-state index contributed by atoms with van der Waals surface area (Å²) in [5, 5.41) is 0. The molecule has 0 amide bonds. The number of hydrogen-bond acceptors (Lipinski definition) is 0. The summed E-state index contributed by atoms with van der Waals surface area (Å²) in [5.41, 5.74) is 4.04. The Labute approximate surface area is 120 Å². The van der Waals surface area contributed by atoms with Gasteiger partial charge >= 0.3 is 120 Å². The average Bonchev–Trinajstić information content (AvgIpc) is 2.48. The molecule has 3 aromatic rings. The summed E-state index contributed by atoms with van der Waals surface area (Å²) in [5.74, 6) is 0. The van der Waals surface area contributed by atoms with Crippen molar-refractivity contribution in [2.24, 2.45) is 0 Å². The molecule has 0 aliphatic heterocycles. The van der Waals surface area contributed by atoms with Crippen LogP contribution in [0.5, 0.6) is 0 Å². The molecule has 0 spiro atoms. The molecule has 0 saturated heterocycles. The maximum absolute atomic E-state index is 2.32. The first-order valence-electron chi connectivity index (χ1n) is 6.38. The average molecular weight is 310 g/mol. The minimum atomic E-state index is 0.377. The molecule has 2 aromatic carbocycles. The fraction of sp³-hybridized carbons (Fsp3) is 0.0556.